The van der Waals surface area contributed by atoms with Crippen LogP contribution in [0.25, 0.3) is 0 Å². The number of carbonyl (C=O) groups is 1. The topological polar surface area (TPSA) is 20.3 Å². The Bertz CT molecular complexity index is 373. The molecule has 0 saturated carbocycles. The van der Waals surface area contributed by atoms with Gasteiger partial charge in [0.1, 0.15) is 6.29 Å². The highest BCUT2D eigenvalue weighted by Crippen LogP contribution is 2.39. The van der Waals surface area contributed by atoms with Crippen molar-refractivity contribution in [1.82, 2.24) is 0 Å². The molecule has 0 saturated heterocycles. The van der Waals surface area contributed by atoms with Gasteiger partial charge in [-0.15, -0.1) is 0 Å². The smallest absolute Gasteiger partial charge is 0.150 e. The van der Waals surface area contributed by atoms with Gasteiger partial charge < -0.3 is 4.90 Å². The molecule has 0 spiro atoms. The first-order valence-electron chi connectivity index (χ1n) is 4.97. The molecule has 0 aliphatic carbocycles. The summed E-state index contributed by atoms with van der Waals surface area (Å²) in [5.74, 6) is 0.509. The molecule has 2 unspecified atom stereocenters. The lowest BCUT2D eigenvalue weighted by atomic mass is 9.97. The maximum absolute atomic E-state index is 10.7. The Kier molecular flexibility index (Phi) is 2.06. The van der Waals surface area contributed by atoms with Crippen LogP contribution in [0.5, 0.6) is 0 Å². The van der Waals surface area contributed by atoms with Gasteiger partial charge >= 0.3 is 0 Å². The lowest BCUT2D eigenvalue weighted by Gasteiger charge is -2.20. The fourth-order valence-corrected chi connectivity index (χ4v) is 2.15. The minimum Gasteiger partial charge on any atom is -0.371 e. The monoisotopic (exact) mass is 189 g/mol. The zero-order chi connectivity index (χ0) is 10.3. The van der Waals surface area contributed by atoms with Gasteiger partial charge in [0.15, 0.2) is 0 Å². The number of hydrogen-bond donors (Lipinski definition) is 0. The summed E-state index contributed by atoms with van der Waals surface area (Å²) < 4.78 is 0. The first-order valence-corrected chi connectivity index (χ1v) is 4.97. The molecule has 2 nitrogen and oxygen atoms in total. The Balaban J connectivity index is 2.53. The van der Waals surface area contributed by atoms with E-state index in [2.05, 4.69) is 25.8 Å². The Morgan fingerprint density at radius 2 is 2.07 bits per heavy atom. The van der Waals surface area contributed by atoms with Crippen LogP contribution < -0.4 is 4.90 Å². The number of fused-ring (bicyclic) bond motifs is 1. The molecule has 1 aliphatic rings. The predicted octanol–water partition coefficient (Wildman–Crippen LogP) is 2.44. The van der Waals surface area contributed by atoms with Gasteiger partial charge in [-0.1, -0.05) is 6.92 Å². The van der Waals surface area contributed by atoms with Crippen molar-refractivity contribution >= 4 is 12.0 Å². The van der Waals surface area contributed by atoms with E-state index in [1.165, 1.54) is 11.3 Å². The number of likely N-dealkylation sites (N-methyl/N-ethyl adjacent to an activating group) is 1. The second-order valence-electron chi connectivity index (χ2n) is 4.08. The number of carbonyl (C=O) groups excluding carboxylic acids is 1. The van der Waals surface area contributed by atoms with Gasteiger partial charge in [-0.05, 0) is 30.7 Å². The van der Waals surface area contributed by atoms with Gasteiger partial charge in [0.2, 0.25) is 0 Å². The van der Waals surface area contributed by atoms with Crippen molar-refractivity contribution in [3.63, 3.8) is 0 Å². The SMILES string of the molecule is CC1c2cc(C=O)ccc2N(C)C1C. The highest BCUT2D eigenvalue weighted by Gasteiger charge is 2.29. The number of rotatable bonds is 1. The Hall–Kier alpha value is -1.31. The third-order valence-corrected chi connectivity index (χ3v) is 3.39. The number of hydrogen-bond acceptors (Lipinski definition) is 2. The van der Waals surface area contributed by atoms with Gasteiger partial charge in [0, 0.05) is 30.3 Å². The summed E-state index contributed by atoms with van der Waals surface area (Å²) in [6.45, 7) is 4.42. The van der Waals surface area contributed by atoms with E-state index in [1.807, 2.05) is 18.2 Å². The number of anilines is 1. The second kappa shape index (κ2) is 3.12. The molecular weight excluding hydrogens is 174 g/mol. The quantitative estimate of drug-likeness (QED) is 0.632. The van der Waals surface area contributed by atoms with E-state index in [0.29, 0.717) is 12.0 Å². The summed E-state index contributed by atoms with van der Waals surface area (Å²) in [5.41, 5.74) is 3.33. The summed E-state index contributed by atoms with van der Waals surface area (Å²) >= 11 is 0. The fourth-order valence-electron chi connectivity index (χ4n) is 2.15. The van der Waals surface area contributed by atoms with Crippen LogP contribution in [0.4, 0.5) is 5.69 Å². The summed E-state index contributed by atoms with van der Waals surface area (Å²) in [7, 11) is 2.10. The summed E-state index contributed by atoms with van der Waals surface area (Å²) in [6.07, 6.45) is 0.913. The molecule has 1 aromatic rings. The van der Waals surface area contributed by atoms with Crippen molar-refractivity contribution in [2.24, 2.45) is 0 Å². The van der Waals surface area contributed by atoms with Crippen LogP contribution in [0, 0.1) is 0 Å². The van der Waals surface area contributed by atoms with Crippen molar-refractivity contribution < 1.29 is 4.79 Å². The van der Waals surface area contributed by atoms with E-state index in [-0.39, 0.29) is 0 Å². The van der Waals surface area contributed by atoms with Gasteiger partial charge in [-0.3, -0.25) is 4.79 Å². The van der Waals surface area contributed by atoms with Crippen LogP contribution in [0.3, 0.4) is 0 Å². The van der Waals surface area contributed by atoms with E-state index in [0.717, 1.165) is 11.8 Å². The third-order valence-electron chi connectivity index (χ3n) is 3.39. The Morgan fingerprint density at radius 3 is 2.71 bits per heavy atom. The van der Waals surface area contributed by atoms with E-state index in [9.17, 15) is 4.79 Å². The minimum absolute atomic E-state index is 0.509. The van der Waals surface area contributed by atoms with E-state index < -0.39 is 0 Å². The van der Waals surface area contributed by atoms with Gasteiger partial charge in [-0.25, -0.2) is 0 Å². The molecule has 0 bridgehead atoms. The summed E-state index contributed by atoms with van der Waals surface area (Å²) in [4.78, 5) is 12.9. The largest absolute Gasteiger partial charge is 0.371 e. The second-order valence-corrected chi connectivity index (χ2v) is 4.08. The highest BCUT2D eigenvalue weighted by molar-refractivity contribution is 5.78. The highest BCUT2D eigenvalue weighted by atomic mass is 16.1. The lowest BCUT2D eigenvalue weighted by Crippen LogP contribution is -2.25. The molecule has 2 heteroatoms. The van der Waals surface area contributed by atoms with Crippen molar-refractivity contribution in [2.45, 2.75) is 25.8 Å². The lowest BCUT2D eigenvalue weighted by molar-refractivity contribution is 0.112. The first kappa shape index (κ1) is 9.25. The van der Waals surface area contributed by atoms with E-state index in [4.69, 9.17) is 0 Å². The Morgan fingerprint density at radius 1 is 1.36 bits per heavy atom. The normalized spacial score (nSPS) is 24.9. The molecule has 74 valence electrons. The molecule has 0 radical (unpaired) electrons. The number of aldehydes is 1. The predicted molar refractivity (Wildman–Crippen MR) is 58.1 cm³/mol. The molecule has 0 aromatic heterocycles. The first-order chi connectivity index (χ1) is 6.65. The maximum atomic E-state index is 10.7. The van der Waals surface area contributed by atoms with Crippen LogP contribution in [-0.4, -0.2) is 19.4 Å². The maximum Gasteiger partial charge on any atom is 0.150 e. The molecule has 1 aromatic carbocycles. The summed E-state index contributed by atoms with van der Waals surface area (Å²) in [6, 6.07) is 6.45. The van der Waals surface area contributed by atoms with Crippen LogP contribution in [0.15, 0.2) is 18.2 Å². The molecule has 0 N–H and O–H groups in total. The fraction of sp³-hybridized carbons (Fsp3) is 0.417. The van der Waals surface area contributed by atoms with Crippen molar-refractivity contribution in [1.29, 1.82) is 0 Å². The van der Waals surface area contributed by atoms with Gasteiger partial charge in [-0.2, -0.15) is 0 Å². The van der Waals surface area contributed by atoms with Crippen LogP contribution >= 0.6 is 0 Å². The van der Waals surface area contributed by atoms with Crippen molar-refractivity contribution in [3.8, 4) is 0 Å². The molecule has 0 amide bonds. The zero-order valence-electron chi connectivity index (χ0n) is 8.82. The molecule has 1 aliphatic heterocycles. The van der Waals surface area contributed by atoms with E-state index in [1.54, 1.807) is 0 Å². The standard InChI is InChI=1S/C12H15NO/c1-8-9(2)13(3)12-5-4-10(7-14)6-11(8)12/h4-9H,1-3H3. The van der Waals surface area contributed by atoms with Gasteiger partial charge in [0.05, 0.1) is 0 Å². The van der Waals surface area contributed by atoms with Crippen LogP contribution in [0.2, 0.25) is 0 Å². The molecule has 2 rings (SSSR count). The molecular formula is C12H15NO. The summed E-state index contributed by atoms with van der Waals surface area (Å²) in [5, 5.41) is 0. The molecule has 2 atom stereocenters. The van der Waals surface area contributed by atoms with Crippen LogP contribution in [0.1, 0.15) is 35.7 Å². The van der Waals surface area contributed by atoms with Crippen molar-refractivity contribution in [3.05, 3.63) is 29.3 Å². The average Bonchev–Trinajstić information content (AvgIpc) is 2.44. The number of benzene rings is 1. The number of nitrogens with zero attached hydrogens (tertiary/aromatic N) is 1. The third kappa shape index (κ3) is 1.14. The minimum atomic E-state index is 0.509. The van der Waals surface area contributed by atoms with Gasteiger partial charge in [0.25, 0.3) is 0 Å². The molecule has 0 fully saturated rings. The molecule has 14 heavy (non-hydrogen) atoms. The average molecular weight is 189 g/mol. The zero-order valence-corrected chi connectivity index (χ0v) is 8.82. The van der Waals surface area contributed by atoms with Crippen LogP contribution in [-0.2, 0) is 0 Å². The van der Waals surface area contributed by atoms with E-state index >= 15 is 0 Å². The molecule has 1 heterocycles. The van der Waals surface area contributed by atoms with Crippen molar-refractivity contribution in [2.75, 3.05) is 11.9 Å². The Labute approximate surface area is 84.5 Å².